The Labute approximate surface area is 167 Å². The number of ether oxygens (including phenoxy) is 1. The fourth-order valence-electron chi connectivity index (χ4n) is 3.70. The number of hydrogen-bond acceptors (Lipinski definition) is 5. The highest BCUT2D eigenvalue weighted by Gasteiger charge is 2.18. The van der Waals surface area contributed by atoms with Gasteiger partial charge in [0.05, 0.1) is 7.11 Å². The monoisotopic (exact) mass is 395 g/mol. The normalized spacial score (nSPS) is 14.9. The van der Waals surface area contributed by atoms with Gasteiger partial charge in [0.25, 0.3) is 0 Å². The van der Waals surface area contributed by atoms with Crippen LogP contribution in [0.5, 0.6) is 0 Å². The van der Waals surface area contributed by atoms with Crippen LogP contribution >= 0.6 is 0 Å². The molecule has 0 bridgehead atoms. The molecule has 2 heterocycles. The maximum absolute atomic E-state index is 13.1. The van der Waals surface area contributed by atoms with Gasteiger partial charge in [-0.1, -0.05) is 6.07 Å². The minimum atomic E-state index is -0.643. The van der Waals surface area contributed by atoms with Crippen LogP contribution in [-0.2, 0) is 11.3 Å². The number of nitrogens with one attached hydrogen (secondary N) is 1. The average Bonchev–Trinajstić information content (AvgIpc) is 2.75. The first-order valence-corrected chi connectivity index (χ1v) is 9.50. The number of benzene rings is 2. The number of carbonyl (C=O) groups is 1. The Kier molecular flexibility index (Phi) is 5.31. The Bertz CT molecular complexity index is 1090. The summed E-state index contributed by atoms with van der Waals surface area (Å²) in [5, 5.41) is 0.482. The SMILES string of the molecule is COC(=O)c1c[nH]c2ccc(CN3CCN(c4ccc(F)cc4)CC3)cc2c1=O. The molecule has 150 valence electrons. The van der Waals surface area contributed by atoms with Gasteiger partial charge in [-0.25, -0.2) is 9.18 Å². The van der Waals surface area contributed by atoms with Crippen LogP contribution in [0.4, 0.5) is 10.1 Å². The highest BCUT2D eigenvalue weighted by Crippen LogP contribution is 2.19. The lowest BCUT2D eigenvalue weighted by Crippen LogP contribution is -2.45. The van der Waals surface area contributed by atoms with Gasteiger partial charge in [0.15, 0.2) is 0 Å². The molecule has 1 fully saturated rings. The molecule has 1 N–H and O–H groups in total. The minimum absolute atomic E-state index is 0.00469. The summed E-state index contributed by atoms with van der Waals surface area (Å²) in [5.41, 5.74) is 2.41. The van der Waals surface area contributed by atoms with Gasteiger partial charge < -0.3 is 14.6 Å². The van der Waals surface area contributed by atoms with E-state index in [0.717, 1.165) is 44.0 Å². The maximum atomic E-state index is 13.1. The number of fused-ring (bicyclic) bond motifs is 1. The van der Waals surface area contributed by atoms with Gasteiger partial charge in [0.2, 0.25) is 5.43 Å². The molecule has 0 amide bonds. The van der Waals surface area contributed by atoms with E-state index in [9.17, 15) is 14.0 Å². The molecular weight excluding hydrogens is 373 g/mol. The Hall–Kier alpha value is -3.19. The molecule has 3 aromatic rings. The first-order chi connectivity index (χ1) is 14.0. The van der Waals surface area contributed by atoms with Gasteiger partial charge in [0.1, 0.15) is 11.4 Å². The van der Waals surface area contributed by atoms with Gasteiger partial charge in [-0.05, 0) is 42.0 Å². The number of anilines is 1. The molecule has 1 aromatic heterocycles. The lowest BCUT2D eigenvalue weighted by atomic mass is 10.1. The predicted octanol–water partition coefficient (Wildman–Crippen LogP) is 2.78. The molecule has 4 rings (SSSR count). The molecule has 1 saturated heterocycles. The molecule has 29 heavy (non-hydrogen) atoms. The number of aromatic amines is 1. The summed E-state index contributed by atoms with van der Waals surface area (Å²) in [5.74, 6) is -0.871. The van der Waals surface area contributed by atoms with Crippen molar-refractivity contribution in [2.45, 2.75) is 6.54 Å². The van der Waals surface area contributed by atoms with E-state index in [0.29, 0.717) is 10.9 Å². The zero-order valence-corrected chi connectivity index (χ0v) is 16.2. The molecular formula is C22H22FN3O3. The van der Waals surface area contributed by atoms with Crippen molar-refractivity contribution in [3.8, 4) is 0 Å². The summed E-state index contributed by atoms with van der Waals surface area (Å²) in [6, 6.07) is 12.3. The molecule has 2 aromatic carbocycles. The van der Waals surface area contributed by atoms with Crippen molar-refractivity contribution in [1.29, 1.82) is 0 Å². The van der Waals surface area contributed by atoms with E-state index >= 15 is 0 Å². The quantitative estimate of drug-likeness (QED) is 0.688. The first-order valence-electron chi connectivity index (χ1n) is 9.50. The Balaban J connectivity index is 1.47. The topological polar surface area (TPSA) is 65.6 Å². The lowest BCUT2D eigenvalue weighted by molar-refractivity contribution is 0.0599. The number of aromatic nitrogens is 1. The molecule has 1 aliphatic heterocycles. The summed E-state index contributed by atoms with van der Waals surface area (Å²) in [4.78, 5) is 31.9. The average molecular weight is 395 g/mol. The van der Waals surface area contributed by atoms with Crippen LogP contribution in [0.25, 0.3) is 10.9 Å². The Morgan fingerprint density at radius 3 is 2.52 bits per heavy atom. The number of carbonyl (C=O) groups excluding carboxylic acids is 1. The van der Waals surface area contributed by atoms with E-state index in [-0.39, 0.29) is 16.8 Å². The summed E-state index contributed by atoms with van der Waals surface area (Å²) in [6.07, 6.45) is 1.39. The van der Waals surface area contributed by atoms with Gasteiger partial charge in [-0.3, -0.25) is 9.69 Å². The van der Waals surface area contributed by atoms with Crippen LogP contribution in [0.2, 0.25) is 0 Å². The van der Waals surface area contributed by atoms with Crippen molar-refractivity contribution >= 4 is 22.6 Å². The van der Waals surface area contributed by atoms with Crippen LogP contribution < -0.4 is 10.3 Å². The van der Waals surface area contributed by atoms with Crippen molar-refractivity contribution in [3.63, 3.8) is 0 Å². The van der Waals surface area contributed by atoms with Crippen LogP contribution in [-0.4, -0.2) is 49.1 Å². The minimum Gasteiger partial charge on any atom is -0.465 e. The number of methoxy groups -OCH3 is 1. The fraction of sp³-hybridized carbons (Fsp3) is 0.273. The van der Waals surface area contributed by atoms with E-state index in [1.54, 1.807) is 12.1 Å². The highest BCUT2D eigenvalue weighted by atomic mass is 19.1. The molecule has 6 nitrogen and oxygen atoms in total. The van der Waals surface area contributed by atoms with E-state index in [4.69, 9.17) is 0 Å². The summed E-state index contributed by atoms with van der Waals surface area (Å²) < 4.78 is 17.8. The highest BCUT2D eigenvalue weighted by molar-refractivity contribution is 5.93. The van der Waals surface area contributed by atoms with E-state index in [1.807, 2.05) is 18.2 Å². The standard InChI is InChI=1S/C22H22FN3O3/c1-29-22(28)19-13-24-20-7-2-15(12-18(20)21(19)27)14-25-8-10-26(11-9-25)17-5-3-16(23)4-6-17/h2-7,12-13H,8-11,14H2,1H3,(H,24,27). The van der Waals surface area contributed by atoms with Crippen molar-refractivity contribution in [2.75, 3.05) is 38.2 Å². The Morgan fingerprint density at radius 2 is 1.83 bits per heavy atom. The summed E-state index contributed by atoms with van der Waals surface area (Å²) in [6.45, 7) is 4.16. The second-order valence-corrected chi connectivity index (χ2v) is 7.14. The smallest absolute Gasteiger partial charge is 0.343 e. The molecule has 0 aliphatic carbocycles. The third-order valence-electron chi connectivity index (χ3n) is 5.32. The first kappa shape index (κ1) is 19.1. The third-order valence-corrected chi connectivity index (χ3v) is 5.32. The molecule has 0 spiro atoms. The maximum Gasteiger partial charge on any atom is 0.343 e. The van der Waals surface area contributed by atoms with Gasteiger partial charge in [-0.15, -0.1) is 0 Å². The number of pyridine rings is 1. The number of piperazine rings is 1. The van der Waals surface area contributed by atoms with Crippen LogP contribution in [0.1, 0.15) is 15.9 Å². The van der Waals surface area contributed by atoms with Crippen molar-refractivity contribution < 1.29 is 13.9 Å². The van der Waals surface area contributed by atoms with E-state index in [1.165, 1.54) is 25.4 Å². The second-order valence-electron chi connectivity index (χ2n) is 7.14. The summed E-state index contributed by atoms with van der Waals surface area (Å²) in [7, 11) is 1.26. The molecule has 1 aliphatic rings. The number of nitrogens with zero attached hydrogens (tertiary/aromatic N) is 2. The zero-order chi connectivity index (χ0) is 20.4. The predicted molar refractivity (Wildman–Crippen MR) is 110 cm³/mol. The summed E-state index contributed by atoms with van der Waals surface area (Å²) >= 11 is 0. The Morgan fingerprint density at radius 1 is 1.10 bits per heavy atom. The zero-order valence-electron chi connectivity index (χ0n) is 16.2. The van der Waals surface area contributed by atoms with Gasteiger partial charge in [-0.2, -0.15) is 0 Å². The number of esters is 1. The fourth-order valence-corrected chi connectivity index (χ4v) is 3.70. The van der Waals surface area contributed by atoms with Gasteiger partial charge >= 0.3 is 5.97 Å². The number of rotatable bonds is 4. The molecule has 0 unspecified atom stereocenters. The number of hydrogen-bond donors (Lipinski definition) is 1. The van der Waals surface area contributed by atoms with Crippen molar-refractivity contribution in [2.24, 2.45) is 0 Å². The third kappa shape index (κ3) is 4.00. The van der Waals surface area contributed by atoms with E-state index < -0.39 is 5.97 Å². The van der Waals surface area contributed by atoms with Crippen LogP contribution in [0.3, 0.4) is 0 Å². The molecule has 0 saturated carbocycles. The van der Waals surface area contributed by atoms with Crippen LogP contribution in [0.15, 0.2) is 53.5 Å². The second kappa shape index (κ2) is 8.05. The molecule has 7 heteroatoms. The molecule has 0 atom stereocenters. The largest absolute Gasteiger partial charge is 0.465 e. The van der Waals surface area contributed by atoms with Gasteiger partial charge in [0, 0.05) is 55.5 Å². The number of halogens is 1. The van der Waals surface area contributed by atoms with Crippen LogP contribution in [0, 0.1) is 5.82 Å². The molecule has 0 radical (unpaired) electrons. The van der Waals surface area contributed by atoms with E-state index in [2.05, 4.69) is 19.5 Å². The van der Waals surface area contributed by atoms with Crippen molar-refractivity contribution in [1.82, 2.24) is 9.88 Å². The number of H-pyrrole nitrogens is 1. The van der Waals surface area contributed by atoms with Crippen molar-refractivity contribution in [3.05, 3.63) is 75.8 Å². The lowest BCUT2D eigenvalue weighted by Gasteiger charge is -2.36.